The monoisotopic (exact) mass is 232 g/mol. The molecule has 0 amide bonds. The molecule has 1 aliphatic rings. The minimum absolute atomic E-state index is 0.128. The molecule has 3 rings (SSSR count). The van der Waals surface area contributed by atoms with E-state index in [1.165, 1.54) is 12.8 Å². The predicted octanol–water partition coefficient (Wildman–Crippen LogP) is 0.887. The highest BCUT2D eigenvalue weighted by Gasteiger charge is 2.30. The van der Waals surface area contributed by atoms with Crippen molar-refractivity contribution in [1.29, 1.82) is 0 Å². The van der Waals surface area contributed by atoms with E-state index >= 15 is 0 Å². The SMILES string of the molecule is Cc1nnc([C@H](N)Cc2cnc[nH]2)n1C1CC1. The van der Waals surface area contributed by atoms with Crippen molar-refractivity contribution in [3.8, 4) is 0 Å². The average molecular weight is 232 g/mol. The lowest BCUT2D eigenvalue weighted by Gasteiger charge is -2.12. The summed E-state index contributed by atoms with van der Waals surface area (Å²) in [5, 5.41) is 8.35. The van der Waals surface area contributed by atoms with Crippen LogP contribution in [0.25, 0.3) is 0 Å². The van der Waals surface area contributed by atoms with Crippen LogP contribution in [0.4, 0.5) is 0 Å². The van der Waals surface area contributed by atoms with Crippen LogP contribution < -0.4 is 5.73 Å². The van der Waals surface area contributed by atoms with Crippen molar-refractivity contribution in [2.45, 2.75) is 38.3 Å². The highest BCUT2D eigenvalue weighted by Crippen LogP contribution is 2.37. The Bertz CT molecular complexity index is 496. The van der Waals surface area contributed by atoms with Crippen molar-refractivity contribution < 1.29 is 0 Å². The molecular formula is C11H16N6. The second-order valence-corrected chi connectivity index (χ2v) is 4.59. The van der Waals surface area contributed by atoms with Crippen LogP contribution in [-0.2, 0) is 6.42 Å². The van der Waals surface area contributed by atoms with Crippen LogP contribution in [0.3, 0.4) is 0 Å². The summed E-state index contributed by atoms with van der Waals surface area (Å²) in [6, 6.07) is 0.435. The molecule has 0 bridgehead atoms. The number of aryl methyl sites for hydroxylation is 1. The molecule has 2 heterocycles. The maximum Gasteiger partial charge on any atom is 0.150 e. The number of imidazole rings is 1. The Morgan fingerprint density at radius 2 is 2.35 bits per heavy atom. The van der Waals surface area contributed by atoms with Crippen LogP contribution >= 0.6 is 0 Å². The highest BCUT2D eigenvalue weighted by molar-refractivity contribution is 5.09. The minimum atomic E-state index is -0.128. The minimum Gasteiger partial charge on any atom is -0.348 e. The number of rotatable bonds is 4. The van der Waals surface area contributed by atoms with Crippen LogP contribution in [0.5, 0.6) is 0 Å². The summed E-state index contributed by atoms with van der Waals surface area (Å²) in [6.45, 7) is 1.98. The lowest BCUT2D eigenvalue weighted by Crippen LogP contribution is -2.19. The van der Waals surface area contributed by atoms with Gasteiger partial charge in [-0.15, -0.1) is 10.2 Å². The fraction of sp³-hybridized carbons (Fsp3) is 0.545. The third-order valence-electron chi connectivity index (χ3n) is 3.13. The Balaban J connectivity index is 1.83. The summed E-state index contributed by atoms with van der Waals surface area (Å²) in [4.78, 5) is 7.05. The normalized spacial score (nSPS) is 17.3. The van der Waals surface area contributed by atoms with Gasteiger partial charge in [0.05, 0.1) is 12.4 Å². The standard InChI is InChI=1S/C11H16N6/c1-7-15-16-11(17(7)9-2-3-9)10(12)4-8-5-13-6-14-8/h5-6,9-10H,2-4,12H2,1H3,(H,13,14)/t10-/m1/s1. The van der Waals surface area contributed by atoms with E-state index in [0.717, 1.165) is 17.3 Å². The van der Waals surface area contributed by atoms with Crippen molar-refractivity contribution in [2.24, 2.45) is 5.73 Å². The molecule has 6 nitrogen and oxygen atoms in total. The Hall–Kier alpha value is -1.69. The van der Waals surface area contributed by atoms with Crippen LogP contribution in [0, 0.1) is 6.92 Å². The average Bonchev–Trinajstić information content (AvgIpc) is 2.86. The zero-order valence-electron chi connectivity index (χ0n) is 9.80. The van der Waals surface area contributed by atoms with E-state index in [-0.39, 0.29) is 6.04 Å². The van der Waals surface area contributed by atoms with E-state index in [2.05, 4.69) is 24.7 Å². The lowest BCUT2D eigenvalue weighted by molar-refractivity contribution is 0.580. The van der Waals surface area contributed by atoms with E-state index in [9.17, 15) is 0 Å². The van der Waals surface area contributed by atoms with E-state index in [1.54, 1.807) is 12.5 Å². The topological polar surface area (TPSA) is 85.4 Å². The first-order valence-electron chi connectivity index (χ1n) is 5.90. The number of H-pyrrole nitrogens is 1. The molecule has 17 heavy (non-hydrogen) atoms. The van der Waals surface area contributed by atoms with Gasteiger partial charge in [0.2, 0.25) is 0 Å². The van der Waals surface area contributed by atoms with Crippen LogP contribution in [-0.4, -0.2) is 24.7 Å². The Morgan fingerprint density at radius 3 is 3.00 bits per heavy atom. The van der Waals surface area contributed by atoms with Gasteiger partial charge in [-0.25, -0.2) is 4.98 Å². The van der Waals surface area contributed by atoms with Gasteiger partial charge >= 0.3 is 0 Å². The van der Waals surface area contributed by atoms with Crippen LogP contribution in [0.1, 0.15) is 42.3 Å². The molecule has 90 valence electrons. The third-order valence-corrected chi connectivity index (χ3v) is 3.13. The van der Waals surface area contributed by atoms with Gasteiger partial charge in [0.25, 0.3) is 0 Å². The van der Waals surface area contributed by atoms with Gasteiger partial charge in [0.15, 0.2) is 5.82 Å². The molecule has 0 unspecified atom stereocenters. The summed E-state index contributed by atoms with van der Waals surface area (Å²) in [6.07, 6.45) is 6.60. The first-order chi connectivity index (χ1) is 8.25. The number of nitrogens with zero attached hydrogens (tertiary/aromatic N) is 4. The fourth-order valence-corrected chi connectivity index (χ4v) is 2.15. The van der Waals surface area contributed by atoms with Gasteiger partial charge < -0.3 is 15.3 Å². The highest BCUT2D eigenvalue weighted by atomic mass is 15.3. The van der Waals surface area contributed by atoms with Crippen molar-refractivity contribution in [2.75, 3.05) is 0 Å². The maximum absolute atomic E-state index is 6.19. The molecule has 0 saturated heterocycles. The number of aromatic nitrogens is 5. The van der Waals surface area contributed by atoms with Crippen molar-refractivity contribution in [3.05, 3.63) is 29.9 Å². The molecule has 0 aromatic carbocycles. The summed E-state index contributed by atoms with van der Waals surface area (Å²) in [5.74, 6) is 1.85. The van der Waals surface area contributed by atoms with Gasteiger partial charge in [-0.2, -0.15) is 0 Å². The molecule has 6 heteroatoms. The van der Waals surface area contributed by atoms with Crippen LogP contribution in [0.15, 0.2) is 12.5 Å². The van der Waals surface area contributed by atoms with Gasteiger partial charge in [-0.05, 0) is 19.8 Å². The third kappa shape index (κ3) is 1.95. The van der Waals surface area contributed by atoms with E-state index in [1.807, 2.05) is 6.92 Å². The molecule has 1 fully saturated rings. The zero-order valence-corrected chi connectivity index (χ0v) is 9.80. The predicted molar refractivity (Wildman–Crippen MR) is 62.3 cm³/mol. The van der Waals surface area contributed by atoms with Crippen molar-refractivity contribution in [3.63, 3.8) is 0 Å². The zero-order chi connectivity index (χ0) is 11.8. The summed E-state index contributed by atoms with van der Waals surface area (Å²) < 4.78 is 2.18. The largest absolute Gasteiger partial charge is 0.348 e. The number of aromatic amines is 1. The second-order valence-electron chi connectivity index (χ2n) is 4.59. The molecule has 1 saturated carbocycles. The van der Waals surface area contributed by atoms with Gasteiger partial charge in [0.1, 0.15) is 5.82 Å². The van der Waals surface area contributed by atoms with Crippen LogP contribution in [0.2, 0.25) is 0 Å². The molecule has 2 aromatic rings. The smallest absolute Gasteiger partial charge is 0.150 e. The second kappa shape index (κ2) is 3.96. The first kappa shape index (κ1) is 10.5. The molecule has 1 atom stereocenters. The Kier molecular flexibility index (Phi) is 2.44. The maximum atomic E-state index is 6.19. The number of nitrogens with one attached hydrogen (secondary N) is 1. The van der Waals surface area contributed by atoms with Gasteiger partial charge in [-0.1, -0.05) is 0 Å². The Labute approximate surface area is 99.3 Å². The molecule has 3 N–H and O–H groups in total. The van der Waals surface area contributed by atoms with Gasteiger partial charge in [-0.3, -0.25) is 0 Å². The summed E-state index contributed by atoms with van der Waals surface area (Å²) >= 11 is 0. The van der Waals surface area contributed by atoms with E-state index in [0.29, 0.717) is 12.5 Å². The van der Waals surface area contributed by atoms with E-state index in [4.69, 9.17) is 5.73 Å². The molecule has 0 aliphatic heterocycles. The molecular weight excluding hydrogens is 216 g/mol. The number of hydrogen-bond acceptors (Lipinski definition) is 4. The van der Waals surface area contributed by atoms with Gasteiger partial charge in [0, 0.05) is 24.4 Å². The van der Waals surface area contributed by atoms with E-state index < -0.39 is 0 Å². The quantitative estimate of drug-likeness (QED) is 0.819. The molecule has 1 aliphatic carbocycles. The van der Waals surface area contributed by atoms with Crippen molar-refractivity contribution in [1.82, 2.24) is 24.7 Å². The fourth-order valence-electron chi connectivity index (χ4n) is 2.15. The van der Waals surface area contributed by atoms with Crippen molar-refractivity contribution >= 4 is 0 Å². The first-order valence-corrected chi connectivity index (χ1v) is 5.90. The lowest BCUT2D eigenvalue weighted by atomic mass is 10.1. The molecule has 0 spiro atoms. The summed E-state index contributed by atoms with van der Waals surface area (Å²) in [7, 11) is 0. The number of hydrogen-bond donors (Lipinski definition) is 2. The summed E-state index contributed by atoms with van der Waals surface area (Å²) in [5.41, 5.74) is 7.22. The molecule has 2 aromatic heterocycles. The molecule has 0 radical (unpaired) electrons. The number of nitrogens with two attached hydrogens (primary N) is 1. The Morgan fingerprint density at radius 1 is 1.53 bits per heavy atom.